The van der Waals surface area contributed by atoms with Gasteiger partial charge in [-0.05, 0) is 61.0 Å². The zero-order valence-corrected chi connectivity index (χ0v) is 16.3. The molecule has 0 aliphatic heterocycles. The van der Waals surface area contributed by atoms with E-state index in [9.17, 15) is 13.2 Å². The van der Waals surface area contributed by atoms with Crippen LogP contribution in [0.2, 0.25) is 0 Å². The van der Waals surface area contributed by atoms with Gasteiger partial charge in [-0.15, -0.1) is 10.2 Å². The molecule has 0 spiro atoms. The smallest absolute Gasteiger partial charge is 0.196 e. The summed E-state index contributed by atoms with van der Waals surface area (Å²) >= 11 is 1.32. The van der Waals surface area contributed by atoms with Crippen LogP contribution in [-0.2, 0) is 5.75 Å². The highest BCUT2D eigenvalue weighted by atomic mass is 32.2. The average Bonchev–Trinajstić information content (AvgIpc) is 3.11. The summed E-state index contributed by atoms with van der Waals surface area (Å²) in [5.41, 5.74) is 3.17. The maximum Gasteiger partial charge on any atom is 0.196 e. The SMILES string of the molecule is Cc1ccc(-n2c(SCc3cc(F)cc(F)c3)nnc2-c2ccc(F)cc2)cc1. The lowest BCUT2D eigenvalue weighted by Crippen LogP contribution is -2.00. The van der Waals surface area contributed by atoms with Gasteiger partial charge in [-0.2, -0.15) is 0 Å². The first-order valence-corrected chi connectivity index (χ1v) is 9.84. The molecule has 0 saturated heterocycles. The van der Waals surface area contributed by atoms with E-state index in [0.29, 0.717) is 27.9 Å². The van der Waals surface area contributed by atoms with Gasteiger partial charge in [0.25, 0.3) is 0 Å². The van der Waals surface area contributed by atoms with Crippen molar-refractivity contribution in [3.63, 3.8) is 0 Å². The van der Waals surface area contributed by atoms with Gasteiger partial charge in [-0.1, -0.05) is 29.5 Å². The van der Waals surface area contributed by atoms with E-state index < -0.39 is 11.6 Å². The van der Waals surface area contributed by atoms with E-state index >= 15 is 0 Å². The van der Waals surface area contributed by atoms with E-state index in [-0.39, 0.29) is 5.82 Å². The van der Waals surface area contributed by atoms with Gasteiger partial charge in [-0.3, -0.25) is 4.57 Å². The van der Waals surface area contributed by atoms with E-state index in [2.05, 4.69) is 10.2 Å². The summed E-state index contributed by atoms with van der Waals surface area (Å²) in [4.78, 5) is 0. The Morgan fingerprint density at radius 1 is 0.793 bits per heavy atom. The van der Waals surface area contributed by atoms with Crippen LogP contribution in [0.25, 0.3) is 17.1 Å². The van der Waals surface area contributed by atoms with Gasteiger partial charge in [0.2, 0.25) is 0 Å². The Morgan fingerprint density at radius 2 is 1.45 bits per heavy atom. The van der Waals surface area contributed by atoms with Crippen LogP contribution in [0.1, 0.15) is 11.1 Å². The number of thioether (sulfide) groups is 1. The number of hydrogen-bond donors (Lipinski definition) is 0. The van der Waals surface area contributed by atoms with Crippen LogP contribution in [0, 0.1) is 24.4 Å². The maximum absolute atomic E-state index is 13.5. The number of rotatable bonds is 5. The van der Waals surface area contributed by atoms with Gasteiger partial charge in [0.05, 0.1) is 0 Å². The van der Waals surface area contributed by atoms with Crippen molar-refractivity contribution in [2.45, 2.75) is 17.8 Å². The molecule has 0 atom stereocenters. The molecule has 0 aliphatic carbocycles. The fourth-order valence-electron chi connectivity index (χ4n) is 2.92. The van der Waals surface area contributed by atoms with Crippen molar-refractivity contribution in [3.8, 4) is 17.1 Å². The molecule has 0 unspecified atom stereocenters. The molecule has 0 saturated carbocycles. The first-order chi connectivity index (χ1) is 14.0. The standard InChI is InChI=1S/C22H16F3N3S/c1-14-2-8-20(9-3-14)28-21(16-4-6-17(23)7-5-16)26-27-22(28)29-13-15-10-18(24)12-19(25)11-15/h2-12H,13H2,1H3. The number of aryl methyl sites for hydroxylation is 1. The largest absolute Gasteiger partial charge is 0.270 e. The molecule has 4 aromatic rings. The van der Waals surface area contributed by atoms with Crippen LogP contribution >= 0.6 is 11.8 Å². The highest BCUT2D eigenvalue weighted by molar-refractivity contribution is 7.98. The van der Waals surface area contributed by atoms with Gasteiger partial charge < -0.3 is 0 Å². The molecule has 4 rings (SSSR count). The van der Waals surface area contributed by atoms with Crippen LogP contribution < -0.4 is 0 Å². The van der Waals surface area contributed by atoms with Crippen molar-refractivity contribution in [1.29, 1.82) is 0 Å². The zero-order chi connectivity index (χ0) is 20.4. The molecular weight excluding hydrogens is 395 g/mol. The summed E-state index contributed by atoms with van der Waals surface area (Å²) < 4.78 is 42.2. The van der Waals surface area contributed by atoms with Crippen molar-refractivity contribution in [1.82, 2.24) is 14.8 Å². The van der Waals surface area contributed by atoms with Crippen LogP contribution in [0.4, 0.5) is 13.2 Å². The number of benzene rings is 3. The predicted molar refractivity (Wildman–Crippen MR) is 107 cm³/mol. The van der Waals surface area contributed by atoms with Crippen molar-refractivity contribution >= 4 is 11.8 Å². The molecule has 7 heteroatoms. The fraction of sp³-hybridized carbons (Fsp3) is 0.0909. The number of aromatic nitrogens is 3. The molecular formula is C22H16F3N3S. The van der Waals surface area contributed by atoms with Crippen molar-refractivity contribution in [2.24, 2.45) is 0 Å². The molecule has 3 nitrogen and oxygen atoms in total. The monoisotopic (exact) mass is 411 g/mol. The second-order valence-corrected chi connectivity index (χ2v) is 7.49. The Balaban J connectivity index is 1.73. The molecule has 29 heavy (non-hydrogen) atoms. The Hall–Kier alpha value is -3.06. The van der Waals surface area contributed by atoms with Gasteiger partial charge in [0.15, 0.2) is 11.0 Å². The van der Waals surface area contributed by atoms with Crippen molar-refractivity contribution in [2.75, 3.05) is 0 Å². The quantitative estimate of drug-likeness (QED) is 0.380. The van der Waals surface area contributed by atoms with Crippen LogP contribution in [0.3, 0.4) is 0 Å². The second kappa shape index (κ2) is 8.13. The molecule has 0 N–H and O–H groups in total. The lowest BCUT2D eigenvalue weighted by atomic mass is 10.2. The third kappa shape index (κ3) is 4.35. The molecule has 0 amide bonds. The zero-order valence-electron chi connectivity index (χ0n) is 15.4. The Morgan fingerprint density at radius 3 is 2.10 bits per heavy atom. The minimum atomic E-state index is -0.618. The molecule has 1 heterocycles. The summed E-state index contributed by atoms with van der Waals surface area (Å²) in [5.74, 6) is -0.692. The van der Waals surface area contributed by atoms with Gasteiger partial charge >= 0.3 is 0 Å². The van der Waals surface area contributed by atoms with E-state index in [1.165, 1.54) is 36.0 Å². The minimum Gasteiger partial charge on any atom is -0.270 e. The molecule has 0 radical (unpaired) electrons. The highest BCUT2D eigenvalue weighted by Gasteiger charge is 2.16. The van der Waals surface area contributed by atoms with Crippen molar-refractivity contribution < 1.29 is 13.2 Å². The second-order valence-electron chi connectivity index (χ2n) is 6.55. The van der Waals surface area contributed by atoms with Crippen molar-refractivity contribution in [3.05, 3.63) is 95.3 Å². The molecule has 3 aromatic carbocycles. The van der Waals surface area contributed by atoms with Crippen LogP contribution in [0.5, 0.6) is 0 Å². The Bertz CT molecular complexity index is 1120. The lowest BCUT2D eigenvalue weighted by Gasteiger charge is -2.11. The minimum absolute atomic E-state index is 0.322. The van der Waals surface area contributed by atoms with Crippen LogP contribution in [-0.4, -0.2) is 14.8 Å². The molecule has 0 aliphatic rings. The summed E-state index contributed by atoms with van der Waals surface area (Å²) in [7, 11) is 0. The normalized spacial score (nSPS) is 11.0. The summed E-state index contributed by atoms with van der Waals surface area (Å²) in [6, 6.07) is 17.3. The fourth-order valence-corrected chi connectivity index (χ4v) is 3.80. The summed E-state index contributed by atoms with van der Waals surface area (Å²) in [5, 5.41) is 9.12. The number of nitrogens with zero attached hydrogens (tertiary/aromatic N) is 3. The maximum atomic E-state index is 13.5. The summed E-state index contributed by atoms with van der Waals surface area (Å²) in [6.45, 7) is 1.99. The van der Waals surface area contributed by atoms with E-state index in [1.807, 2.05) is 35.8 Å². The first-order valence-electron chi connectivity index (χ1n) is 8.86. The van der Waals surface area contributed by atoms with E-state index in [4.69, 9.17) is 0 Å². The van der Waals surface area contributed by atoms with E-state index in [1.54, 1.807) is 12.1 Å². The first kappa shape index (κ1) is 19.3. The average molecular weight is 411 g/mol. The molecule has 146 valence electrons. The number of hydrogen-bond acceptors (Lipinski definition) is 3. The Labute approximate surface area is 170 Å². The summed E-state index contributed by atoms with van der Waals surface area (Å²) in [6.07, 6.45) is 0. The lowest BCUT2D eigenvalue weighted by molar-refractivity contribution is 0.581. The van der Waals surface area contributed by atoms with Gasteiger partial charge in [0, 0.05) is 23.1 Å². The molecule has 0 bridgehead atoms. The van der Waals surface area contributed by atoms with Crippen LogP contribution in [0.15, 0.2) is 71.9 Å². The molecule has 1 aromatic heterocycles. The van der Waals surface area contributed by atoms with E-state index in [0.717, 1.165) is 17.3 Å². The topological polar surface area (TPSA) is 30.7 Å². The predicted octanol–water partition coefficient (Wildman–Crippen LogP) is 5.95. The van der Waals surface area contributed by atoms with Gasteiger partial charge in [-0.25, -0.2) is 13.2 Å². The van der Waals surface area contributed by atoms with Gasteiger partial charge in [0.1, 0.15) is 17.5 Å². The molecule has 0 fully saturated rings. The third-order valence-electron chi connectivity index (χ3n) is 4.32. The third-order valence-corrected chi connectivity index (χ3v) is 5.32. The number of halogens is 3. The highest BCUT2D eigenvalue weighted by Crippen LogP contribution is 2.30. The Kier molecular flexibility index (Phi) is 5.40.